The van der Waals surface area contributed by atoms with Crippen LogP contribution in [0.5, 0.6) is 11.5 Å². The molecule has 2 aliphatic heterocycles. The minimum atomic E-state index is -0.804. The van der Waals surface area contributed by atoms with Gasteiger partial charge in [-0.2, -0.15) is 0 Å². The highest BCUT2D eigenvalue weighted by Gasteiger charge is 2.42. The van der Waals surface area contributed by atoms with Gasteiger partial charge in [-0.1, -0.05) is 6.08 Å². The number of nitrogens with zero attached hydrogens (tertiary/aromatic N) is 1. The fourth-order valence-electron chi connectivity index (χ4n) is 3.77. The Bertz CT molecular complexity index is 1170. The van der Waals surface area contributed by atoms with Crippen molar-refractivity contribution in [3.63, 3.8) is 0 Å². The van der Waals surface area contributed by atoms with Crippen LogP contribution in [0.1, 0.15) is 17.0 Å². The number of hydrogen-bond donors (Lipinski definition) is 2. The Morgan fingerprint density at radius 3 is 2.76 bits per heavy atom. The van der Waals surface area contributed by atoms with Crippen molar-refractivity contribution in [1.82, 2.24) is 9.55 Å². The van der Waals surface area contributed by atoms with Crippen molar-refractivity contribution in [1.29, 1.82) is 0 Å². The molecule has 1 aromatic heterocycles. The molecule has 2 N–H and O–H groups in total. The van der Waals surface area contributed by atoms with Crippen molar-refractivity contribution < 1.29 is 19.0 Å². The molecule has 2 aromatic rings. The maximum absolute atomic E-state index is 12.9. The average molecular weight is 397 g/mol. The zero-order valence-electron chi connectivity index (χ0n) is 15.9. The number of fused-ring (bicyclic) bond motifs is 1. The lowest BCUT2D eigenvalue weighted by molar-refractivity contribution is -0.136. The van der Waals surface area contributed by atoms with Crippen LogP contribution in [0.4, 0.5) is 5.82 Å². The molecule has 0 fully saturated rings. The number of aromatic nitrogens is 2. The number of carbonyl (C=O) groups is 1. The quantitative estimate of drug-likeness (QED) is 0.574. The van der Waals surface area contributed by atoms with Gasteiger partial charge in [-0.3, -0.25) is 14.3 Å². The van der Waals surface area contributed by atoms with Crippen LogP contribution >= 0.6 is 0 Å². The largest absolute Gasteiger partial charge is 0.497 e. The number of H-pyrrole nitrogens is 1. The lowest BCUT2D eigenvalue weighted by Gasteiger charge is -2.28. The van der Waals surface area contributed by atoms with E-state index in [1.165, 1.54) is 18.8 Å². The number of cyclic esters (lactones) is 1. The summed E-state index contributed by atoms with van der Waals surface area (Å²) in [5.41, 5.74) is 0.398. The molecule has 1 atom stereocenters. The second kappa shape index (κ2) is 7.01. The lowest BCUT2D eigenvalue weighted by atomic mass is 9.82. The molecule has 29 heavy (non-hydrogen) atoms. The molecule has 3 heterocycles. The Hall–Kier alpha value is -3.75. The summed E-state index contributed by atoms with van der Waals surface area (Å²) in [5.74, 6) is -0.0394. The Morgan fingerprint density at radius 2 is 2.07 bits per heavy atom. The first-order chi connectivity index (χ1) is 14.0. The van der Waals surface area contributed by atoms with Gasteiger partial charge in [-0.15, -0.1) is 6.58 Å². The van der Waals surface area contributed by atoms with E-state index in [4.69, 9.17) is 14.2 Å². The van der Waals surface area contributed by atoms with E-state index >= 15 is 0 Å². The van der Waals surface area contributed by atoms with Crippen LogP contribution in [0.3, 0.4) is 0 Å². The van der Waals surface area contributed by atoms with E-state index in [1.54, 1.807) is 24.3 Å². The van der Waals surface area contributed by atoms with Crippen LogP contribution in [0.15, 0.2) is 51.7 Å². The molecule has 150 valence electrons. The number of benzene rings is 1. The maximum atomic E-state index is 12.9. The van der Waals surface area contributed by atoms with Crippen LogP contribution < -0.4 is 26.0 Å². The molecule has 0 bridgehead atoms. The van der Waals surface area contributed by atoms with Crippen molar-refractivity contribution in [2.24, 2.45) is 0 Å². The molecule has 9 heteroatoms. The monoisotopic (exact) mass is 397 g/mol. The van der Waals surface area contributed by atoms with E-state index in [-0.39, 0.29) is 18.7 Å². The van der Waals surface area contributed by atoms with E-state index in [9.17, 15) is 14.4 Å². The lowest BCUT2D eigenvalue weighted by Crippen LogP contribution is -2.38. The summed E-state index contributed by atoms with van der Waals surface area (Å²) in [5, 5.41) is 3.05. The number of anilines is 1. The van der Waals surface area contributed by atoms with Gasteiger partial charge < -0.3 is 19.5 Å². The molecule has 0 unspecified atom stereocenters. The third-order valence-corrected chi connectivity index (χ3v) is 5.03. The summed E-state index contributed by atoms with van der Waals surface area (Å²) in [6.45, 7) is 3.86. The molecule has 0 spiro atoms. The van der Waals surface area contributed by atoms with E-state index in [1.807, 2.05) is 0 Å². The molecule has 4 rings (SSSR count). The predicted molar refractivity (Wildman–Crippen MR) is 105 cm³/mol. The van der Waals surface area contributed by atoms with Gasteiger partial charge in [-0.25, -0.2) is 9.59 Å². The molecule has 9 nitrogen and oxygen atoms in total. The van der Waals surface area contributed by atoms with E-state index in [0.29, 0.717) is 34.2 Å². The number of carbonyl (C=O) groups excluding carboxylic acids is 1. The number of hydrogen-bond acceptors (Lipinski definition) is 7. The zero-order valence-corrected chi connectivity index (χ0v) is 15.9. The molecule has 0 radical (unpaired) electrons. The van der Waals surface area contributed by atoms with Gasteiger partial charge in [0.2, 0.25) is 0 Å². The van der Waals surface area contributed by atoms with Gasteiger partial charge >= 0.3 is 11.7 Å². The van der Waals surface area contributed by atoms with Crippen molar-refractivity contribution in [2.75, 3.05) is 26.1 Å². The van der Waals surface area contributed by atoms with Gasteiger partial charge in [0.05, 0.1) is 37.0 Å². The highest BCUT2D eigenvalue weighted by Crippen LogP contribution is 2.45. The summed E-state index contributed by atoms with van der Waals surface area (Å²) in [7, 11) is 3.02. The first-order valence-electron chi connectivity index (χ1n) is 8.87. The number of aromatic amines is 1. The summed E-state index contributed by atoms with van der Waals surface area (Å²) in [6, 6.07) is 5.12. The number of esters is 1. The molecular weight excluding hydrogens is 378 g/mol. The predicted octanol–water partition coefficient (Wildman–Crippen LogP) is 1.11. The first-order valence-corrected chi connectivity index (χ1v) is 8.87. The number of allylic oxidation sites excluding steroid dienone is 1. The maximum Gasteiger partial charge on any atom is 0.337 e. The summed E-state index contributed by atoms with van der Waals surface area (Å²) >= 11 is 0. The number of methoxy groups -OCH3 is 2. The molecule has 0 saturated heterocycles. The smallest absolute Gasteiger partial charge is 0.337 e. The van der Waals surface area contributed by atoms with Crippen LogP contribution in [-0.4, -0.2) is 36.3 Å². The topological polar surface area (TPSA) is 112 Å². The molecular formula is C20H19N3O6. The molecule has 0 amide bonds. The van der Waals surface area contributed by atoms with Crippen LogP contribution in [0.2, 0.25) is 0 Å². The van der Waals surface area contributed by atoms with Crippen LogP contribution in [-0.2, 0) is 16.1 Å². The second-order valence-electron chi connectivity index (χ2n) is 6.56. The normalized spacial score (nSPS) is 17.2. The van der Waals surface area contributed by atoms with Crippen LogP contribution in [0.25, 0.3) is 0 Å². The summed E-state index contributed by atoms with van der Waals surface area (Å²) in [6.07, 6.45) is 1.54. The van der Waals surface area contributed by atoms with Gasteiger partial charge in [-0.05, 0) is 18.2 Å². The van der Waals surface area contributed by atoms with Gasteiger partial charge in [0, 0.05) is 12.1 Å². The molecule has 2 aliphatic rings. The van der Waals surface area contributed by atoms with E-state index in [0.717, 1.165) is 0 Å². The fourth-order valence-corrected chi connectivity index (χ4v) is 3.77. The molecule has 1 aromatic carbocycles. The van der Waals surface area contributed by atoms with Gasteiger partial charge in [0.1, 0.15) is 23.9 Å². The highest BCUT2D eigenvalue weighted by molar-refractivity contribution is 5.97. The summed E-state index contributed by atoms with van der Waals surface area (Å²) in [4.78, 5) is 40.2. The highest BCUT2D eigenvalue weighted by atomic mass is 16.5. The first kappa shape index (κ1) is 18.6. The minimum Gasteiger partial charge on any atom is -0.497 e. The fraction of sp³-hybridized carbons (Fsp3) is 0.250. The van der Waals surface area contributed by atoms with Gasteiger partial charge in [0.25, 0.3) is 5.56 Å². The van der Waals surface area contributed by atoms with Gasteiger partial charge in [0.15, 0.2) is 0 Å². The second-order valence-corrected chi connectivity index (χ2v) is 6.56. The molecule has 0 aliphatic carbocycles. The average Bonchev–Trinajstić information content (AvgIpc) is 3.09. The summed E-state index contributed by atoms with van der Waals surface area (Å²) < 4.78 is 17.4. The SMILES string of the molecule is C=CCn1c2c(c(=O)[nH]c1=O)[C@@H](c1cc(OC)ccc1OC)C1=C(COC1=O)N2. The molecule has 0 saturated carbocycles. The van der Waals surface area contributed by atoms with E-state index in [2.05, 4.69) is 16.9 Å². The van der Waals surface area contributed by atoms with Crippen LogP contribution in [0, 0.1) is 0 Å². The van der Waals surface area contributed by atoms with Crippen molar-refractivity contribution in [2.45, 2.75) is 12.5 Å². The third kappa shape index (κ3) is 2.82. The zero-order chi connectivity index (χ0) is 20.7. The number of rotatable bonds is 5. The Kier molecular flexibility index (Phi) is 4.50. The van der Waals surface area contributed by atoms with Crippen molar-refractivity contribution in [3.05, 3.63) is 74.1 Å². The number of ether oxygens (including phenoxy) is 3. The minimum absolute atomic E-state index is 0.0193. The Labute approximate surface area is 165 Å². The van der Waals surface area contributed by atoms with E-state index < -0.39 is 23.1 Å². The number of nitrogens with one attached hydrogen (secondary N) is 2. The standard InChI is InChI=1S/C20H19N3O6/c1-4-7-23-17-16(18(24)22-20(23)26)14(15-12(21-17)9-29-19(15)25)11-8-10(27-2)5-6-13(11)28-3/h4-6,8,14,21H,1,7,9H2,2-3H3,(H,22,24,26)/t14-/m0/s1. The van der Waals surface area contributed by atoms with Crippen molar-refractivity contribution in [3.8, 4) is 11.5 Å². The van der Waals surface area contributed by atoms with Crippen molar-refractivity contribution >= 4 is 11.8 Å². The Balaban J connectivity index is 2.08. The Morgan fingerprint density at radius 1 is 1.28 bits per heavy atom. The third-order valence-electron chi connectivity index (χ3n) is 5.03.